The predicted octanol–water partition coefficient (Wildman–Crippen LogP) is 2.92. The molecule has 3 N–H and O–H groups in total. The fraction of sp³-hybridized carbons (Fsp3) is 0.471. The van der Waals surface area contributed by atoms with Gasteiger partial charge in [0.25, 0.3) is 0 Å². The largest absolute Gasteiger partial charge is 0.403 e. The van der Waals surface area contributed by atoms with E-state index in [2.05, 4.69) is 37.1 Å². The van der Waals surface area contributed by atoms with Crippen molar-refractivity contribution in [3.05, 3.63) is 30.4 Å². The molecule has 0 spiro atoms. The summed E-state index contributed by atoms with van der Waals surface area (Å²) in [6.07, 6.45) is 13.8. The first-order chi connectivity index (χ1) is 11.3. The Labute approximate surface area is 136 Å². The van der Waals surface area contributed by atoms with E-state index in [4.69, 9.17) is 5.73 Å². The molecule has 1 aliphatic rings. The van der Waals surface area contributed by atoms with Crippen molar-refractivity contribution in [3.63, 3.8) is 0 Å². The van der Waals surface area contributed by atoms with Crippen LogP contribution in [0.5, 0.6) is 0 Å². The van der Waals surface area contributed by atoms with E-state index in [1.807, 2.05) is 6.20 Å². The van der Waals surface area contributed by atoms with Crippen molar-refractivity contribution in [3.8, 4) is 0 Å². The van der Waals surface area contributed by atoms with E-state index in [-0.39, 0.29) is 0 Å². The number of nitrogens with one attached hydrogen (secondary N) is 1. The van der Waals surface area contributed by atoms with Crippen LogP contribution in [0.3, 0.4) is 0 Å². The van der Waals surface area contributed by atoms with Gasteiger partial charge in [-0.1, -0.05) is 19.3 Å². The maximum atomic E-state index is 5.58. The molecule has 0 aliphatic heterocycles. The highest BCUT2D eigenvalue weighted by Gasteiger charge is 2.15. The molecule has 6 heteroatoms. The zero-order valence-electron chi connectivity index (χ0n) is 13.6. The molecule has 0 unspecified atom stereocenters. The van der Waals surface area contributed by atoms with Crippen molar-refractivity contribution in [2.45, 2.75) is 38.6 Å². The highest BCUT2D eigenvalue weighted by atomic mass is 15.1. The maximum Gasteiger partial charge on any atom is 0.229 e. The number of anilines is 1. The van der Waals surface area contributed by atoms with E-state index in [0.29, 0.717) is 11.6 Å². The van der Waals surface area contributed by atoms with Gasteiger partial charge >= 0.3 is 0 Å². The highest BCUT2D eigenvalue weighted by molar-refractivity contribution is 5.83. The maximum absolute atomic E-state index is 5.58. The van der Waals surface area contributed by atoms with Crippen LogP contribution in [0.25, 0.3) is 11.0 Å². The van der Waals surface area contributed by atoms with Gasteiger partial charge in [0.1, 0.15) is 5.65 Å². The van der Waals surface area contributed by atoms with Crippen LogP contribution in [0.2, 0.25) is 0 Å². The highest BCUT2D eigenvalue weighted by Crippen LogP contribution is 2.26. The average Bonchev–Trinajstić information content (AvgIpc) is 2.98. The topological polar surface area (TPSA) is 81.1 Å². The van der Waals surface area contributed by atoms with Crippen molar-refractivity contribution in [2.24, 2.45) is 16.6 Å². The second-order valence-corrected chi connectivity index (χ2v) is 6.08. The summed E-state index contributed by atoms with van der Waals surface area (Å²) in [4.78, 5) is 13.0. The number of hydrogen-bond acceptors (Lipinski definition) is 5. The molecule has 0 amide bonds. The van der Waals surface area contributed by atoms with Gasteiger partial charge in [0.2, 0.25) is 5.95 Å². The lowest BCUT2D eigenvalue weighted by molar-refractivity contribution is 0.322. The van der Waals surface area contributed by atoms with E-state index in [0.717, 1.165) is 23.5 Å². The van der Waals surface area contributed by atoms with Crippen molar-refractivity contribution < 1.29 is 0 Å². The van der Waals surface area contributed by atoms with Gasteiger partial charge in [-0.2, -0.15) is 4.98 Å². The lowest BCUT2D eigenvalue weighted by Gasteiger charge is -2.22. The number of nitrogens with zero attached hydrogens (tertiary/aromatic N) is 4. The molecule has 2 heterocycles. The van der Waals surface area contributed by atoms with Crippen molar-refractivity contribution >= 4 is 23.2 Å². The summed E-state index contributed by atoms with van der Waals surface area (Å²) in [5.41, 5.74) is 7.22. The van der Waals surface area contributed by atoms with Gasteiger partial charge < -0.3 is 15.6 Å². The minimum atomic E-state index is 0.540. The third-order valence-corrected chi connectivity index (χ3v) is 4.39. The summed E-state index contributed by atoms with van der Waals surface area (Å²) in [7, 11) is 1.70. The molecule has 3 rings (SSSR count). The Morgan fingerprint density at radius 2 is 2.26 bits per heavy atom. The van der Waals surface area contributed by atoms with Crippen molar-refractivity contribution in [2.75, 3.05) is 12.4 Å². The molecule has 0 bridgehead atoms. The summed E-state index contributed by atoms with van der Waals surface area (Å²) in [6, 6.07) is 2.08. The number of hydrogen-bond donors (Lipinski definition) is 2. The van der Waals surface area contributed by atoms with Crippen LogP contribution in [0.15, 0.2) is 35.3 Å². The number of allylic oxidation sites excluding steroid dienone is 1. The molecular formula is C17H24N6. The average molecular weight is 312 g/mol. The molecule has 2 aromatic rings. The second-order valence-electron chi connectivity index (χ2n) is 6.08. The third-order valence-electron chi connectivity index (χ3n) is 4.39. The lowest BCUT2D eigenvalue weighted by atomic mass is 9.89. The molecule has 122 valence electrons. The zero-order chi connectivity index (χ0) is 16.1. The van der Waals surface area contributed by atoms with E-state index in [1.165, 1.54) is 38.3 Å². The molecule has 23 heavy (non-hydrogen) atoms. The van der Waals surface area contributed by atoms with E-state index >= 15 is 0 Å². The Bertz CT molecular complexity index is 709. The molecule has 1 fully saturated rings. The van der Waals surface area contributed by atoms with Gasteiger partial charge in [-0.05, 0) is 24.8 Å². The SMILES string of the molecule is CN=CC(=CN)Nc1ncc2ccn(CC3CCCCC3)c2n1. The van der Waals surface area contributed by atoms with Gasteiger partial charge in [0.05, 0.1) is 5.70 Å². The van der Waals surface area contributed by atoms with Crippen LogP contribution < -0.4 is 11.1 Å². The molecular weight excluding hydrogens is 288 g/mol. The fourth-order valence-electron chi connectivity index (χ4n) is 3.21. The zero-order valence-corrected chi connectivity index (χ0v) is 13.6. The van der Waals surface area contributed by atoms with Gasteiger partial charge in [0.15, 0.2) is 0 Å². The van der Waals surface area contributed by atoms with Gasteiger partial charge in [-0.15, -0.1) is 0 Å². The summed E-state index contributed by atoms with van der Waals surface area (Å²) >= 11 is 0. The molecule has 0 atom stereocenters. The van der Waals surface area contributed by atoms with Crippen LogP contribution in [0.4, 0.5) is 5.95 Å². The summed E-state index contributed by atoms with van der Waals surface area (Å²) < 4.78 is 2.25. The molecule has 1 saturated carbocycles. The number of fused-ring (bicyclic) bond motifs is 1. The quantitative estimate of drug-likeness (QED) is 0.832. The Hall–Kier alpha value is -2.37. The van der Waals surface area contributed by atoms with Crippen LogP contribution >= 0.6 is 0 Å². The molecule has 6 nitrogen and oxygen atoms in total. The Morgan fingerprint density at radius 3 is 3.00 bits per heavy atom. The summed E-state index contributed by atoms with van der Waals surface area (Å²) in [5.74, 6) is 1.30. The Kier molecular flexibility index (Phi) is 4.90. The van der Waals surface area contributed by atoms with E-state index < -0.39 is 0 Å². The third kappa shape index (κ3) is 3.70. The minimum Gasteiger partial charge on any atom is -0.403 e. The smallest absolute Gasteiger partial charge is 0.229 e. The van der Waals surface area contributed by atoms with Crippen LogP contribution in [0.1, 0.15) is 32.1 Å². The van der Waals surface area contributed by atoms with Crippen molar-refractivity contribution in [1.82, 2.24) is 14.5 Å². The molecule has 0 aromatic carbocycles. The summed E-state index contributed by atoms with van der Waals surface area (Å²) in [5, 5.41) is 4.16. The van der Waals surface area contributed by atoms with Crippen LogP contribution in [-0.2, 0) is 6.54 Å². The molecule has 0 radical (unpaired) electrons. The lowest BCUT2D eigenvalue weighted by Crippen LogP contribution is -2.14. The molecule has 1 aliphatic carbocycles. The first kappa shape index (κ1) is 15.5. The normalized spacial score (nSPS) is 17.2. The standard InChI is InChI=1S/C17H24N6/c1-19-11-15(9-18)21-17-20-10-14-7-8-23(16(14)22-17)12-13-5-3-2-4-6-13/h7-11,13H,2-6,12,18H2,1H3,(H,20,21,22). The van der Waals surface area contributed by atoms with E-state index in [9.17, 15) is 0 Å². The number of nitrogens with two attached hydrogens (primary N) is 1. The van der Waals surface area contributed by atoms with Gasteiger partial charge in [-0.25, -0.2) is 4.98 Å². The monoisotopic (exact) mass is 312 g/mol. The Balaban J connectivity index is 1.81. The van der Waals surface area contributed by atoms with Gasteiger partial charge in [-0.3, -0.25) is 4.99 Å². The first-order valence-electron chi connectivity index (χ1n) is 8.23. The van der Waals surface area contributed by atoms with Crippen molar-refractivity contribution in [1.29, 1.82) is 0 Å². The number of aliphatic imine (C=N–C) groups is 1. The van der Waals surface area contributed by atoms with Crippen LogP contribution in [-0.4, -0.2) is 27.8 Å². The fourth-order valence-corrected chi connectivity index (χ4v) is 3.21. The van der Waals surface area contributed by atoms with E-state index in [1.54, 1.807) is 13.3 Å². The molecule has 0 saturated heterocycles. The predicted molar refractivity (Wildman–Crippen MR) is 94.4 cm³/mol. The minimum absolute atomic E-state index is 0.540. The number of aromatic nitrogens is 3. The number of rotatable bonds is 5. The summed E-state index contributed by atoms with van der Waals surface area (Å²) in [6.45, 7) is 1.04. The Morgan fingerprint density at radius 1 is 1.43 bits per heavy atom. The first-order valence-corrected chi connectivity index (χ1v) is 8.23. The molecule has 2 aromatic heterocycles. The van der Waals surface area contributed by atoms with Crippen LogP contribution in [0, 0.1) is 5.92 Å². The van der Waals surface area contributed by atoms with Gasteiger partial charge in [0, 0.05) is 43.8 Å². The second kappa shape index (κ2) is 7.26.